The first kappa shape index (κ1) is 15.5. The average Bonchev–Trinajstić information content (AvgIpc) is 2.27. The van der Waals surface area contributed by atoms with E-state index in [1.54, 1.807) is 18.2 Å². The van der Waals surface area contributed by atoms with Crippen LogP contribution in [0.2, 0.25) is 0 Å². The van der Waals surface area contributed by atoms with Crippen LogP contribution < -0.4 is 15.8 Å². The number of halogens is 3. The Hall–Kier alpha value is -1.59. The number of ether oxygens (including phenoxy) is 1. The summed E-state index contributed by atoms with van der Waals surface area (Å²) >= 11 is 0. The summed E-state index contributed by atoms with van der Waals surface area (Å²) in [5.74, 6) is 0.538. The molecule has 108 valence electrons. The smallest absolute Gasteiger partial charge is 0.389 e. The summed E-state index contributed by atoms with van der Waals surface area (Å²) in [5.41, 5.74) is 6.91. The van der Waals surface area contributed by atoms with Gasteiger partial charge in [0.2, 0.25) is 0 Å². The summed E-state index contributed by atoms with van der Waals surface area (Å²) in [5, 5.41) is 2.89. The summed E-state index contributed by atoms with van der Waals surface area (Å²) in [6.45, 7) is 3.97. The van der Waals surface area contributed by atoms with Crippen LogP contribution >= 0.6 is 0 Å². The first-order chi connectivity index (χ1) is 8.79. The molecule has 0 bridgehead atoms. The first-order valence-corrected chi connectivity index (χ1v) is 6.15. The molecule has 0 amide bonds. The molecule has 1 aromatic rings. The van der Waals surface area contributed by atoms with Crippen LogP contribution in [0.4, 0.5) is 24.5 Å². The number of hydrogen-bond acceptors (Lipinski definition) is 3. The zero-order valence-corrected chi connectivity index (χ0v) is 11.1. The SMILES string of the molecule is CC(C)Oc1cccc(NCCCC(F)(F)F)c1N. The fraction of sp³-hybridized carbons (Fsp3) is 0.538. The number of nitrogen functional groups attached to an aromatic ring is 1. The molecule has 0 heterocycles. The van der Waals surface area contributed by atoms with Gasteiger partial charge in [-0.2, -0.15) is 13.2 Å². The molecule has 3 N–H and O–H groups in total. The van der Waals surface area contributed by atoms with E-state index in [9.17, 15) is 13.2 Å². The van der Waals surface area contributed by atoms with Gasteiger partial charge in [-0.05, 0) is 32.4 Å². The minimum absolute atomic E-state index is 0.0113. The van der Waals surface area contributed by atoms with Crippen molar-refractivity contribution in [3.63, 3.8) is 0 Å². The fourth-order valence-electron chi connectivity index (χ4n) is 1.57. The van der Waals surface area contributed by atoms with Crippen LogP contribution in [-0.2, 0) is 0 Å². The number of alkyl halides is 3. The maximum absolute atomic E-state index is 12.0. The van der Waals surface area contributed by atoms with Crippen molar-refractivity contribution in [3.05, 3.63) is 18.2 Å². The van der Waals surface area contributed by atoms with E-state index in [1.165, 1.54) is 0 Å². The third-order valence-corrected chi connectivity index (χ3v) is 2.38. The highest BCUT2D eigenvalue weighted by molar-refractivity contribution is 5.72. The molecule has 0 aliphatic carbocycles. The topological polar surface area (TPSA) is 47.3 Å². The van der Waals surface area contributed by atoms with E-state index in [4.69, 9.17) is 10.5 Å². The highest BCUT2D eigenvalue weighted by atomic mass is 19.4. The Bertz CT molecular complexity index is 405. The molecule has 0 aliphatic heterocycles. The Labute approximate surface area is 110 Å². The number of para-hydroxylation sites is 1. The van der Waals surface area contributed by atoms with Crippen LogP contribution in [0.1, 0.15) is 26.7 Å². The number of anilines is 2. The van der Waals surface area contributed by atoms with Crippen molar-refractivity contribution in [2.24, 2.45) is 0 Å². The van der Waals surface area contributed by atoms with Crippen molar-refractivity contribution in [1.29, 1.82) is 0 Å². The van der Waals surface area contributed by atoms with Crippen molar-refractivity contribution >= 4 is 11.4 Å². The molecule has 0 saturated carbocycles. The van der Waals surface area contributed by atoms with E-state index < -0.39 is 12.6 Å². The van der Waals surface area contributed by atoms with Crippen molar-refractivity contribution in [1.82, 2.24) is 0 Å². The molecule has 0 spiro atoms. The van der Waals surface area contributed by atoms with E-state index in [1.807, 2.05) is 13.8 Å². The Morgan fingerprint density at radius 1 is 1.32 bits per heavy atom. The maximum Gasteiger partial charge on any atom is 0.389 e. The number of nitrogens with one attached hydrogen (secondary N) is 1. The molecular weight excluding hydrogens is 257 g/mol. The Kier molecular flexibility index (Phi) is 5.32. The van der Waals surface area contributed by atoms with E-state index >= 15 is 0 Å². The van der Waals surface area contributed by atoms with Crippen LogP contribution in [0.5, 0.6) is 5.75 Å². The van der Waals surface area contributed by atoms with Gasteiger partial charge in [0, 0.05) is 13.0 Å². The molecule has 0 aromatic heterocycles. The monoisotopic (exact) mass is 276 g/mol. The van der Waals surface area contributed by atoms with Crippen LogP contribution in [0.15, 0.2) is 18.2 Å². The molecule has 0 fully saturated rings. The molecule has 0 unspecified atom stereocenters. The molecule has 19 heavy (non-hydrogen) atoms. The number of rotatable bonds is 6. The molecule has 0 aliphatic rings. The lowest BCUT2D eigenvalue weighted by atomic mass is 10.2. The van der Waals surface area contributed by atoms with Crippen LogP contribution in [0.25, 0.3) is 0 Å². The number of nitrogens with two attached hydrogens (primary N) is 1. The fourth-order valence-corrected chi connectivity index (χ4v) is 1.57. The largest absolute Gasteiger partial charge is 0.489 e. The van der Waals surface area contributed by atoms with Crippen molar-refractivity contribution in [2.75, 3.05) is 17.6 Å². The summed E-state index contributed by atoms with van der Waals surface area (Å²) in [6.07, 6.45) is -4.92. The third-order valence-electron chi connectivity index (χ3n) is 2.38. The molecule has 0 atom stereocenters. The van der Waals surface area contributed by atoms with E-state index in [0.717, 1.165) is 0 Å². The van der Waals surface area contributed by atoms with Gasteiger partial charge >= 0.3 is 6.18 Å². The second-order valence-corrected chi connectivity index (χ2v) is 4.53. The molecule has 0 radical (unpaired) electrons. The Morgan fingerprint density at radius 3 is 2.58 bits per heavy atom. The highest BCUT2D eigenvalue weighted by Crippen LogP contribution is 2.30. The number of hydrogen-bond donors (Lipinski definition) is 2. The van der Waals surface area contributed by atoms with Crippen molar-refractivity contribution in [2.45, 2.75) is 39.0 Å². The normalized spacial score (nSPS) is 11.7. The Balaban J connectivity index is 2.54. The van der Waals surface area contributed by atoms with Crippen LogP contribution in [0, 0.1) is 0 Å². The second kappa shape index (κ2) is 6.54. The maximum atomic E-state index is 12.0. The van der Waals surface area contributed by atoms with Crippen LogP contribution in [-0.4, -0.2) is 18.8 Å². The summed E-state index contributed by atoms with van der Waals surface area (Å²) in [6, 6.07) is 5.20. The summed E-state index contributed by atoms with van der Waals surface area (Å²) in [4.78, 5) is 0. The van der Waals surface area contributed by atoms with Gasteiger partial charge in [-0.1, -0.05) is 6.07 Å². The summed E-state index contributed by atoms with van der Waals surface area (Å²) < 4.78 is 41.5. The summed E-state index contributed by atoms with van der Waals surface area (Å²) in [7, 11) is 0. The van der Waals surface area contributed by atoms with Gasteiger partial charge in [0.25, 0.3) is 0 Å². The van der Waals surface area contributed by atoms with Crippen molar-refractivity contribution < 1.29 is 17.9 Å². The highest BCUT2D eigenvalue weighted by Gasteiger charge is 2.25. The predicted octanol–water partition coefficient (Wildman–Crippen LogP) is 3.81. The first-order valence-electron chi connectivity index (χ1n) is 6.15. The lowest BCUT2D eigenvalue weighted by Gasteiger charge is -2.16. The average molecular weight is 276 g/mol. The van der Waals surface area contributed by atoms with E-state index in [0.29, 0.717) is 17.1 Å². The van der Waals surface area contributed by atoms with Crippen LogP contribution in [0.3, 0.4) is 0 Å². The van der Waals surface area contributed by atoms with Gasteiger partial charge in [0.05, 0.1) is 17.5 Å². The molecule has 1 rings (SSSR count). The minimum atomic E-state index is -4.12. The number of benzene rings is 1. The lowest BCUT2D eigenvalue weighted by molar-refractivity contribution is -0.134. The molecule has 3 nitrogen and oxygen atoms in total. The standard InChI is InChI=1S/C13H19F3N2O/c1-9(2)19-11-6-3-5-10(12(11)17)18-8-4-7-13(14,15)16/h3,5-6,9,18H,4,7-8,17H2,1-2H3. The molecular formula is C13H19F3N2O. The van der Waals surface area contributed by atoms with Gasteiger partial charge < -0.3 is 15.8 Å². The quantitative estimate of drug-likeness (QED) is 0.613. The minimum Gasteiger partial charge on any atom is -0.489 e. The Morgan fingerprint density at radius 2 is 2.00 bits per heavy atom. The zero-order valence-electron chi connectivity index (χ0n) is 11.1. The van der Waals surface area contributed by atoms with Gasteiger partial charge in [0.15, 0.2) is 0 Å². The predicted molar refractivity (Wildman–Crippen MR) is 70.4 cm³/mol. The second-order valence-electron chi connectivity index (χ2n) is 4.53. The van der Waals surface area contributed by atoms with Gasteiger partial charge in [-0.15, -0.1) is 0 Å². The van der Waals surface area contributed by atoms with E-state index in [2.05, 4.69) is 5.32 Å². The molecule has 6 heteroatoms. The molecule has 0 saturated heterocycles. The molecule has 1 aromatic carbocycles. The lowest BCUT2D eigenvalue weighted by Crippen LogP contribution is -2.12. The van der Waals surface area contributed by atoms with E-state index in [-0.39, 0.29) is 19.1 Å². The third kappa shape index (κ3) is 5.72. The van der Waals surface area contributed by atoms with Crippen molar-refractivity contribution in [3.8, 4) is 5.75 Å². The zero-order chi connectivity index (χ0) is 14.5. The van der Waals surface area contributed by atoms with Gasteiger partial charge in [-0.3, -0.25) is 0 Å². The van der Waals surface area contributed by atoms with Gasteiger partial charge in [0.1, 0.15) is 5.75 Å². The van der Waals surface area contributed by atoms with Gasteiger partial charge in [-0.25, -0.2) is 0 Å².